The van der Waals surface area contributed by atoms with Gasteiger partial charge in [0.05, 0.1) is 5.92 Å². The molecule has 3 rings (SSSR count). The zero-order chi connectivity index (χ0) is 14.8. The fourth-order valence-electron chi connectivity index (χ4n) is 4.04. The van der Waals surface area contributed by atoms with Crippen molar-refractivity contribution in [1.82, 2.24) is 4.90 Å². The summed E-state index contributed by atoms with van der Waals surface area (Å²) < 4.78 is 0. The molecule has 2 aliphatic carbocycles. The molecule has 0 heterocycles. The third kappa shape index (κ3) is 2.84. The van der Waals surface area contributed by atoms with Gasteiger partial charge in [-0.2, -0.15) is 0 Å². The van der Waals surface area contributed by atoms with Crippen LogP contribution in [0.25, 0.3) is 0 Å². The average Bonchev–Trinajstić information content (AvgIpc) is 2.53. The second-order valence-electron chi connectivity index (χ2n) is 6.61. The Morgan fingerprint density at radius 2 is 1.90 bits per heavy atom. The van der Waals surface area contributed by atoms with Crippen LogP contribution in [0.4, 0.5) is 0 Å². The molecule has 3 atom stereocenters. The molecule has 0 aromatic heterocycles. The number of aryl methyl sites for hydroxylation is 1. The summed E-state index contributed by atoms with van der Waals surface area (Å²) in [6.45, 7) is 0. The van der Waals surface area contributed by atoms with Gasteiger partial charge in [-0.1, -0.05) is 37.1 Å². The van der Waals surface area contributed by atoms with Crippen LogP contribution < -0.4 is 5.73 Å². The van der Waals surface area contributed by atoms with Crippen molar-refractivity contribution in [3.05, 3.63) is 35.4 Å². The van der Waals surface area contributed by atoms with Gasteiger partial charge in [0, 0.05) is 19.1 Å². The Hall–Kier alpha value is -1.35. The summed E-state index contributed by atoms with van der Waals surface area (Å²) in [6.07, 6.45) is 7.68. The van der Waals surface area contributed by atoms with Crippen LogP contribution >= 0.6 is 0 Å². The highest BCUT2D eigenvalue weighted by molar-refractivity contribution is 5.84. The van der Waals surface area contributed by atoms with Gasteiger partial charge >= 0.3 is 0 Å². The maximum atomic E-state index is 13.0. The molecular weight excluding hydrogens is 260 g/mol. The van der Waals surface area contributed by atoms with E-state index in [1.165, 1.54) is 24.0 Å². The van der Waals surface area contributed by atoms with E-state index in [-0.39, 0.29) is 23.9 Å². The molecule has 3 unspecified atom stereocenters. The van der Waals surface area contributed by atoms with Crippen LogP contribution in [0.3, 0.4) is 0 Å². The minimum atomic E-state index is 0.0362. The average molecular weight is 286 g/mol. The first-order valence-corrected chi connectivity index (χ1v) is 8.28. The van der Waals surface area contributed by atoms with Gasteiger partial charge in [0.15, 0.2) is 0 Å². The van der Waals surface area contributed by atoms with Gasteiger partial charge in [-0.15, -0.1) is 0 Å². The second-order valence-corrected chi connectivity index (χ2v) is 6.61. The predicted molar refractivity (Wildman–Crippen MR) is 85.1 cm³/mol. The maximum absolute atomic E-state index is 13.0. The molecule has 3 heteroatoms. The lowest BCUT2D eigenvalue weighted by Gasteiger charge is -2.38. The number of benzene rings is 1. The Labute approximate surface area is 127 Å². The molecule has 1 aromatic rings. The quantitative estimate of drug-likeness (QED) is 0.908. The van der Waals surface area contributed by atoms with E-state index >= 15 is 0 Å². The lowest BCUT2D eigenvalue weighted by Crippen LogP contribution is -2.51. The Balaban J connectivity index is 1.79. The number of fused-ring (bicyclic) bond motifs is 1. The highest BCUT2D eigenvalue weighted by atomic mass is 16.2. The first kappa shape index (κ1) is 14.6. The molecule has 2 aliphatic rings. The van der Waals surface area contributed by atoms with Crippen LogP contribution in [0.2, 0.25) is 0 Å². The maximum Gasteiger partial charge on any atom is 0.230 e. The Kier molecular flexibility index (Phi) is 4.29. The summed E-state index contributed by atoms with van der Waals surface area (Å²) >= 11 is 0. The summed E-state index contributed by atoms with van der Waals surface area (Å²) in [5.41, 5.74) is 8.84. The molecule has 21 heavy (non-hydrogen) atoms. The van der Waals surface area contributed by atoms with Gasteiger partial charge in [-0.3, -0.25) is 4.79 Å². The van der Waals surface area contributed by atoms with Gasteiger partial charge in [-0.05, 0) is 43.2 Å². The lowest BCUT2D eigenvalue weighted by molar-refractivity contribution is -0.134. The summed E-state index contributed by atoms with van der Waals surface area (Å²) in [5, 5.41) is 0. The molecule has 0 bridgehead atoms. The molecule has 2 N–H and O–H groups in total. The van der Waals surface area contributed by atoms with Gasteiger partial charge in [0.25, 0.3) is 0 Å². The molecule has 1 fully saturated rings. The summed E-state index contributed by atoms with van der Waals surface area (Å²) in [7, 11) is 1.95. The fraction of sp³-hybridized carbons (Fsp3) is 0.611. The standard InChI is InChI=1S/C18H26N2O/c1-20(17-12-5-4-11-16(17)19)18(21)15-10-6-8-13-7-2-3-9-14(13)15/h2-3,7,9,15-17H,4-6,8,10-12,19H2,1H3. The van der Waals surface area contributed by atoms with Crippen molar-refractivity contribution in [3.63, 3.8) is 0 Å². The van der Waals surface area contributed by atoms with Crippen LogP contribution in [0.1, 0.15) is 55.6 Å². The topological polar surface area (TPSA) is 46.3 Å². The van der Waals surface area contributed by atoms with Crippen molar-refractivity contribution >= 4 is 5.91 Å². The molecule has 0 saturated heterocycles. The highest BCUT2D eigenvalue weighted by Gasteiger charge is 2.34. The molecule has 1 amide bonds. The van der Waals surface area contributed by atoms with Crippen LogP contribution in [-0.4, -0.2) is 29.9 Å². The number of amides is 1. The highest BCUT2D eigenvalue weighted by Crippen LogP contribution is 2.34. The zero-order valence-corrected chi connectivity index (χ0v) is 12.9. The van der Waals surface area contributed by atoms with Gasteiger partial charge in [0.2, 0.25) is 5.91 Å². The predicted octanol–water partition coefficient (Wildman–Crippen LogP) is 2.83. The number of carbonyl (C=O) groups excluding carboxylic acids is 1. The number of carbonyl (C=O) groups is 1. The summed E-state index contributed by atoms with van der Waals surface area (Å²) in [6, 6.07) is 8.79. The normalized spacial score (nSPS) is 28.8. The van der Waals surface area contributed by atoms with E-state index in [0.29, 0.717) is 0 Å². The third-order valence-electron chi connectivity index (χ3n) is 5.29. The van der Waals surface area contributed by atoms with Crippen LogP contribution in [0.15, 0.2) is 24.3 Å². The number of rotatable bonds is 2. The van der Waals surface area contributed by atoms with E-state index in [1.54, 1.807) is 0 Å². The van der Waals surface area contributed by atoms with Gasteiger partial charge < -0.3 is 10.6 Å². The molecular formula is C18H26N2O. The van der Waals surface area contributed by atoms with Crippen molar-refractivity contribution in [1.29, 1.82) is 0 Å². The Morgan fingerprint density at radius 3 is 2.71 bits per heavy atom. The Bertz CT molecular complexity index is 514. The summed E-state index contributed by atoms with van der Waals surface area (Å²) in [4.78, 5) is 14.9. The smallest absolute Gasteiger partial charge is 0.230 e. The first-order chi connectivity index (χ1) is 10.2. The van der Waals surface area contributed by atoms with Crippen molar-refractivity contribution in [3.8, 4) is 0 Å². The van der Waals surface area contributed by atoms with Crippen molar-refractivity contribution in [2.24, 2.45) is 5.73 Å². The number of likely N-dealkylation sites (N-methyl/N-ethyl adjacent to an activating group) is 1. The van der Waals surface area contributed by atoms with Crippen LogP contribution in [0.5, 0.6) is 0 Å². The van der Waals surface area contributed by atoms with Gasteiger partial charge in [-0.25, -0.2) is 0 Å². The molecule has 0 aliphatic heterocycles. The van der Waals surface area contributed by atoms with E-state index in [1.807, 2.05) is 11.9 Å². The molecule has 3 nitrogen and oxygen atoms in total. The second kappa shape index (κ2) is 6.18. The van der Waals surface area contributed by atoms with E-state index < -0.39 is 0 Å². The first-order valence-electron chi connectivity index (χ1n) is 8.28. The zero-order valence-electron chi connectivity index (χ0n) is 12.9. The van der Waals surface area contributed by atoms with Crippen molar-refractivity contribution < 1.29 is 4.79 Å². The van der Waals surface area contributed by atoms with E-state index in [2.05, 4.69) is 24.3 Å². The molecule has 0 spiro atoms. The Morgan fingerprint density at radius 1 is 1.14 bits per heavy atom. The lowest BCUT2D eigenvalue weighted by atomic mass is 9.81. The number of nitrogens with zero attached hydrogens (tertiary/aromatic N) is 1. The minimum Gasteiger partial charge on any atom is -0.341 e. The van der Waals surface area contributed by atoms with Crippen LogP contribution in [0, 0.1) is 0 Å². The number of nitrogens with two attached hydrogens (primary N) is 1. The molecule has 114 valence electrons. The van der Waals surface area contributed by atoms with E-state index in [9.17, 15) is 4.79 Å². The largest absolute Gasteiger partial charge is 0.341 e. The molecule has 1 saturated carbocycles. The van der Waals surface area contributed by atoms with Crippen LogP contribution in [-0.2, 0) is 11.2 Å². The SMILES string of the molecule is CN(C(=O)C1CCCc2ccccc21)C1CCCCC1N. The van der Waals surface area contributed by atoms with Crippen molar-refractivity contribution in [2.45, 2.75) is 62.9 Å². The van der Waals surface area contributed by atoms with Crippen molar-refractivity contribution in [2.75, 3.05) is 7.05 Å². The van der Waals surface area contributed by atoms with E-state index in [4.69, 9.17) is 5.73 Å². The molecule has 1 aromatic carbocycles. The monoisotopic (exact) mass is 286 g/mol. The van der Waals surface area contributed by atoms with E-state index in [0.717, 1.165) is 32.1 Å². The molecule has 0 radical (unpaired) electrons. The fourth-order valence-corrected chi connectivity index (χ4v) is 4.04. The minimum absolute atomic E-state index is 0.0362. The summed E-state index contributed by atoms with van der Waals surface area (Å²) in [5.74, 6) is 0.304. The van der Waals surface area contributed by atoms with Gasteiger partial charge in [0.1, 0.15) is 0 Å². The third-order valence-corrected chi connectivity index (χ3v) is 5.29. The number of hydrogen-bond donors (Lipinski definition) is 1. The number of hydrogen-bond acceptors (Lipinski definition) is 2.